The maximum absolute atomic E-state index is 10.7. The van der Waals surface area contributed by atoms with Crippen molar-refractivity contribution >= 4 is 15.8 Å². The topological polar surface area (TPSA) is 89.6 Å². The van der Waals surface area contributed by atoms with Gasteiger partial charge in [-0.25, -0.2) is 0 Å². The highest BCUT2D eigenvalue weighted by Crippen LogP contribution is 2.23. The van der Waals surface area contributed by atoms with Crippen molar-refractivity contribution in [3.05, 3.63) is 58.7 Å². The van der Waals surface area contributed by atoms with Crippen molar-refractivity contribution in [3.8, 4) is 5.75 Å². The third-order valence-electron chi connectivity index (χ3n) is 3.79. The molecule has 0 atom stereocenters. The van der Waals surface area contributed by atoms with Crippen LogP contribution in [0.5, 0.6) is 5.75 Å². The van der Waals surface area contributed by atoms with E-state index in [1.807, 2.05) is 18.2 Å². The van der Waals surface area contributed by atoms with Crippen LogP contribution in [0.3, 0.4) is 0 Å². The van der Waals surface area contributed by atoms with Gasteiger partial charge in [0, 0.05) is 5.69 Å². The van der Waals surface area contributed by atoms with Gasteiger partial charge in [-0.05, 0) is 60.7 Å². The van der Waals surface area contributed by atoms with Crippen LogP contribution in [0.1, 0.15) is 22.3 Å². The molecular weight excluding hydrogens is 371 g/mol. The number of halogens is 3. The molecule has 2 aromatic carbocycles. The number of hydrogen-bond donors (Lipinski definition) is 2. The van der Waals surface area contributed by atoms with Crippen LogP contribution in [-0.4, -0.2) is 25.6 Å². The molecule has 0 bridgehead atoms. The predicted molar refractivity (Wildman–Crippen MR) is 93.7 cm³/mol. The zero-order chi connectivity index (χ0) is 20.1. The monoisotopic (exact) mass is 391 g/mol. The van der Waals surface area contributed by atoms with Crippen molar-refractivity contribution in [3.63, 3.8) is 0 Å². The lowest BCUT2D eigenvalue weighted by molar-refractivity contribution is -0.0510. The van der Waals surface area contributed by atoms with E-state index >= 15 is 0 Å². The van der Waals surface area contributed by atoms with Gasteiger partial charge in [-0.3, -0.25) is 4.55 Å². The lowest BCUT2D eigenvalue weighted by Gasteiger charge is -2.11. The van der Waals surface area contributed by atoms with Gasteiger partial charge in [-0.1, -0.05) is 18.2 Å². The first-order valence-electron chi connectivity index (χ1n) is 7.38. The fraction of sp³-hybridized carbons (Fsp3) is 0.294. The highest BCUT2D eigenvalue weighted by molar-refractivity contribution is 7.86. The molecule has 144 valence electrons. The Morgan fingerprint density at radius 2 is 1.54 bits per heavy atom. The molecule has 2 rings (SSSR count). The standard InChI is InChI=1S/C16H19NO.CHF3O3S/c1-11-12(2)16(17)9-6-14(11)10-13-4-7-15(18-3)8-5-13;2-1(3,4)8(5,6)7/h4-9H,10,17H2,1-3H3;(H,5,6,7). The quantitative estimate of drug-likeness (QED) is 0.471. The minimum absolute atomic E-state index is 0.867. The Morgan fingerprint density at radius 3 is 1.96 bits per heavy atom. The van der Waals surface area contributed by atoms with Gasteiger partial charge in [0.25, 0.3) is 0 Å². The summed E-state index contributed by atoms with van der Waals surface area (Å²) in [6.07, 6.45) is 0.928. The van der Waals surface area contributed by atoms with Crippen molar-refractivity contribution < 1.29 is 30.9 Å². The predicted octanol–water partition coefficient (Wildman–Crippen LogP) is 3.88. The molecule has 0 unspecified atom stereocenters. The summed E-state index contributed by atoms with van der Waals surface area (Å²) in [5.41, 5.74) is 6.31. The van der Waals surface area contributed by atoms with Gasteiger partial charge < -0.3 is 10.5 Å². The SMILES string of the molecule is COc1ccc(Cc2ccc(N)c(C)c2C)cc1.O=S(=O)(O)C(F)(F)F. The summed E-state index contributed by atoms with van der Waals surface area (Å²) in [5.74, 6) is 0.893. The van der Waals surface area contributed by atoms with Crippen LogP contribution in [0.4, 0.5) is 18.9 Å². The normalized spacial score (nSPS) is 11.5. The Balaban J connectivity index is 0.000000359. The Hall–Kier alpha value is -2.26. The number of methoxy groups -OCH3 is 1. The second-order valence-corrected chi connectivity index (χ2v) is 6.92. The summed E-state index contributed by atoms with van der Waals surface area (Å²) in [5, 5.41) is 0. The molecule has 0 amide bonds. The Morgan fingerprint density at radius 1 is 1.04 bits per heavy atom. The van der Waals surface area contributed by atoms with E-state index in [0.717, 1.165) is 17.9 Å². The Bertz CT molecular complexity index is 848. The third kappa shape index (κ3) is 5.92. The van der Waals surface area contributed by atoms with Crippen molar-refractivity contribution in [2.45, 2.75) is 25.8 Å². The number of rotatable bonds is 3. The van der Waals surface area contributed by atoms with Crippen LogP contribution in [0.15, 0.2) is 36.4 Å². The first-order chi connectivity index (χ1) is 11.9. The molecule has 0 aliphatic carbocycles. The Labute approximate surface area is 150 Å². The van der Waals surface area contributed by atoms with Crippen molar-refractivity contribution in [1.29, 1.82) is 0 Å². The molecule has 5 nitrogen and oxygen atoms in total. The average molecular weight is 391 g/mol. The number of nitrogens with two attached hydrogens (primary N) is 1. The molecule has 0 fully saturated rings. The first-order valence-corrected chi connectivity index (χ1v) is 8.82. The second-order valence-electron chi connectivity index (χ2n) is 5.51. The van der Waals surface area contributed by atoms with E-state index in [4.69, 9.17) is 23.4 Å². The molecule has 0 aliphatic heterocycles. The van der Waals surface area contributed by atoms with Gasteiger partial charge in [0.1, 0.15) is 5.75 Å². The minimum atomic E-state index is -5.84. The third-order valence-corrected chi connectivity index (χ3v) is 4.37. The molecule has 0 radical (unpaired) electrons. The number of ether oxygens (including phenoxy) is 1. The number of nitrogen functional groups attached to an aromatic ring is 1. The van der Waals surface area contributed by atoms with E-state index in [2.05, 4.69) is 32.0 Å². The zero-order valence-electron chi connectivity index (χ0n) is 14.5. The highest BCUT2D eigenvalue weighted by Gasteiger charge is 2.44. The average Bonchev–Trinajstić information content (AvgIpc) is 2.55. The smallest absolute Gasteiger partial charge is 0.497 e. The van der Waals surface area contributed by atoms with E-state index in [1.165, 1.54) is 22.3 Å². The Kier molecular flexibility index (Phi) is 7.05. The summed E-state index contributed by atoms with van der Waals surface area (Å²) in [4.78, 5) is 0. The van der Waals surface area contributed by atoms with Gasteiger partial charge in [0.05, 0.1) is 7.11 Å². The molecule has 0 saturated heterocycles. The van der Waals surface area contributed by atoms with E-state index in [0.29, 0.717) is 0 Å². The lowest BCUT2D eigenvalue weighted by atomic mass is 9.96. The van der Waals surface area contributed by atoms with Crippen molar-refractivity contribution in [2.24, 2.45) is 0 Å². The fourth-order valence-electron chi connectivity index (χ4n) is 2.05. The molecule has 0 saturated carbocycles. The molecule has 0 heterocycles. The van der Waals surface area contributed by atoms with Gasteiger partial charge in [-0.15, -0.1) is 0 Å². The molecule has 0 aromatic heterocycles. The van der Waals surface area contributed by atoms with Crippen LogP contribution < -0.4 is 10.5 Å². The largest absolute Gasteiger partial charge is 0.522 e. The van der Waals surface area contributed by atoms with Gasteiger partial charge in [0.2, 0.25) is 0 Å². The summed E-state index contributed by atoms with van der Waals surface area (Å²) in [7, 11) is -4.16. The van der Waals surface area contributed by atoms with E-state index in [1.54, 1.807) is 7.11 Å². The zero-order valence-corrected chi connectivity index (χ0v) is 15.3. The van der Waals surface area contributed by atoms with Crippen molar-refractivity contribution in [1.82, 2.24) is 0 Å². The molecule has 0 spiro atoms. The van der Waals surface area contributed by atoms with E-state index in [-0.39, 0.29) is 0 Å². The van der Waals surface area contributed by atoms with E-state index < -0.39 is 15.6 Å². The number of anilines is 1. The molecule has 0 aliphatic rings. The maximum Gasteiger partial charge on any atom is 0.522 e. The molecular formula is C17H20F3NO4S. The fourth-order valence-corrected chi connectivity index (χ4v) is 2.05. The van der Waals surface area contributed by atoms with Crippen LogP contribution in [-0.2, 0) is 16.5 Å². The summed E-state index contributed by atoms with van der Waals surface area (Å²) in [6, 6.07) is 12.3. The van der Waals surface area contributed by atoms with Crippen LogP contribution >= 0.6 is 0 Å². The molecule has 3 N–H and O–H groups in total. The summed E-state index contributed by atoms with van der Waals surface area (Å²) < 4.78 is 62.7. The van der Waals surface area contributed by atoms with Gasteiger partial charge >= 0.3 is 15.6 Å². The first kappa shape index (κ1) is 21.8. The van der Waals surface area contributed by atoms with Crippen LogP contribution in [0.2, 0.25) is 0 Å². The molecule has 2 aromatic rings. The second kappa shape index (κ2) is 8.41. The van der Waals surface area contributed by atoms with E-state index in [9.17, 15) is 13.2 Å². The summed E-state index contributed by atoms with van der Waals surface area (Å²) >= 11 is 0. The van der Waals surface area contributed by atoms with Crippen LogP contribution in [0, 0.1) is 13.8 Å². The molecule has 26 heavy (non-hydrogen) atoms. The van der Waals surface area contributed by atoms with Crippen molar-refractivity contribution in [2.75, 3.05) is 12.8 Å². The number of benzene rings is 2. The van der Waals surface area contributed by atoms with Gasteiger partial charge in [0.15, 0.2) is 0 Å². The van der Waals surface area contributed by atoms with Crippen LogP contribution in [0.25, 0.3) is 0 Å². The number of hydrogen-bond acceptors (Lipinski definition) is 4. The highest BCUT2D eigenvalue weighted by atomic mass is 32.2. The lowest BCUT2D eigenvalue weighted by Crippen LogP contribution is -2.21. The van der Waals surface area contributed by atoms with Gasteiger partial charge in [-0.2, -0.15) is 21.6 Å². The minimum Gasteiger partial charge on any atom is -0.497 e. The summed E-state index contributed by atoms with van der Waals surface area (Å²) in [6.45, 7) is 4.20. The maximum atomic E-state index is 10.7. The molecule has 9 heteroatoms. The number of alkyl halides is 3.